The zero-order valence-corrected chi connectivity index (χ0v) is 18.0. The molecule has 0 aliphatic carbocycles. The van der Waals surface area contributed by atoms with E-state index in [9.17, 15) is 9.59 Å². The van der Waals surface area contributed by atoms with Gasteiger partial charge in [-0.1, -0.05) is 23.7 Å². The van der Waals surface area contributed by atoms with Gasteiger partial charge in [0.15, 0.2) is 17.4 Å². The lowest BCUT2D eigenvalue weighted by Gasteiger charge is -2.05. The molecule has 4 rings (SSSR count). The number of ether oxygens (including phenoxy) is 1. The molecule has 0 aliphatic rings. The van der Waals surface area contributed by atoms with Crippen LogP contribution in [-0.2, 0) is 13.2 Å². The number of ketones is 1. The molecule has 2 aromatic carbocycles. The summed E-state index contributed by atoms with van der Waals surface area (Å²) in [6, 6.07) is 19.3. The van der Waals surface area contributed by atoms with Crippen molar-refractivity contribution in [2.24, 2.45) is 0 Å². The van der Waals surface area contributed by atoms with Gasteiger partial charge in [-0.3, -0.25) is 14.3 Å². The van der Waals surface area contributed by atoms with Gasteiger partial charge in [-0.05, 0) is 61.0 Å². The number of hydrogen-bond acceptors (Lipinski definition) is 5. The number of furan rings is 1. The van der Waals surface area contributed by atoms with Crippen LogP contribution in [0.3, 0.4) is 0 Å². The summed E-state index contributed by atoms with van der Waals surface area (Å²) in [5, 5.41) is 7.75. The number of benzene rings is 2. The van der Waals surface area contributed by atoms with Crippen molar-refractivity contribution < 1.29 is 18.7 Å². The zero-order chi connectivity index (χ0) is 22.5. The summed E-state index contributed by atoms with van der Waals surface area (Å²) in [5.41, 5.74) is 1.66. The summed E-state index contributed by atoms with van der Waals surface area (Å²) >= 11 is 5.91. The Morgan fingerprint density at radius 3 is 2.50 bits per heavy atom. The number of carbonyl (C=O) groups is 2. The molecule has 4 aromatic rings. The first-order valence-corrected chi connectivity index (χ1v) is 10.3. The van der Waals surface area contributed by atoms with E-state index >= 15 is 0 Å². The first-order valence-electron chi connectivity index (χ1n) is 9.88. The maximum Gasteiger partial charge on any atom is 0.292 e. The van der Waals surface area contributed by atoms with Gasteiger partial charge in [0.25, 0.3) is 5.91 Å². The monoisotopic (exact) mass is 449 g/mol. The third kappa shape index (κ3) is 5.44. The number of nitrogens with one attached hydrogen (secondary N) is 1. The lowest BCUT2D eigenvalue weighted by Crippen LogP contribution is -2.12. The lowest BCUT2D eigenvalue weighted by atomic mass is 10.1. The van der Waals surface area contributed by atoms with Gasteiger partial charge in [-0.25, -0.2) is 0 Å². The topological polar surface area (TPSA) is 86.4 Å². The molecule has 2 aromatic heterocycles. The van der Waals surface area contributed by atoms with Crippen molar-refractivity contribution in [1.82, 2.24) is 9.78 Å². The summed E-state index contributed by atoms with van der Waals surface area (Å²) < 4.78 is 12.9. The smallest absolute Gasteiger partial charge is 0.292 e. The average molecular weight is 450 g/mol. The highest BCUT2D eigenvalue weighted by Gasteiger charge is 2.13. The van der Waals surface area contributed by atoms with Crippen molar-refractivity contribution in [2.45, 2.75) is 20.1 Å². The first kappa shape index (κ1) is 21.4. The largest absolute Gasteiger partial charge is 0.486 e. The Bertz CT molecular complexity index is 1230. The quantitative estimate of drug-likeness (QED) is 0.373. The van der Waals surface area contributed by atoms with E-state index < -0.39 is 5.91 Å². The van der Waals surface area contributed by atoms with Gasteiger partial charge in [0.2, 0.25) is 0 Å². The predicted octanol–water partition coefficient (Wildman–Crippen LogP) is 5.21. The summed E-state index contributed by atoms with van der Waals surface area (Å²) in [4.78, 5) is 23.8. The fraction of sp³-hybridized carbons (Fsp3) is 0.125. The van der Waals surface area contributed by atoms with Crippen LogP contribution in [0.2, 0.25) is 5.02 Å². The Balaban J connectivity index is 1.31. The van der Waals surface area contributed by atoms with Crippen LogP contribution in [0.1, 0.15) is 39.2 Å². The molecule has 0 saturated heterocycles. The van der Waals surface area contributed by atoms with Gasteiger partial charge in [-0.15, -0.1) is 0 Å². The van der Waals surface area contributed by atoms with Crippen LogP contribution in [0.4, 0.5) is 5.82 Å². The van der Waals surface area contributed by atoms with Gasteiger partial charge in [-0.2, -0.15) is 5.10 Å². The summed E-state index contributed by atoms with van der Waals surface area (Å²) in [6.07, 6.45) is 1.78. The molecule has 2 heterocycles. The fourth-order valence-corrected chi connectivity index (χ4v) is 3.12. The summed E-state index contributed by atoms with van der Waals surface area (Å²) in [6.45, 7) is 2.22. The standard InChI is InChI=1S/C24H20ClN3O4/c1-16(29)18-4-8-20(9-5-18)31-15-21-10-11-22(32-21)24(30)26-23-12-13-28(27-23)14-17-2-6-19(25)7-3-17/h2-13H,14-15H2,1H3,(H,26,27,30). The van der Waals surface area contributed by atoms with Gasteiger partial charge >= 0.3 is 0 Å². The number of hydrogen-bond donors (Lipinski definition) is 1. The van der Waals surface area contributed by atoms with Crippen LogP contribution in [-0.4, -0.2) is 21.5 Å². The Hall–Kier alpha value is -3.84. The molecule has 0 spiro atoms. The van der Waals surface area contributed by atoms with E-state index in [1.165, 1.54) is 6.92 Å². The molecule has 0 radical (unpaired) electrons. The highest BCUT2D eigenvalue weighted by atomic mass is 35.5. The maximum absolute atomic E-state index is 12.5. The normalized spacial score (nSPS) is 10.7. The third-order valence-electron chi connectivity index (χ3n) is 4.67. The van der Waals surface area contributed by atoms with Gasteiger partial charge in [0.1, 0.15) is 18.1 Å². The van der Waals surface area contributed by atoms with E-state index in [0.717, 1.165) is 5.56 Å². The number of amides is 1. The van der Waals surface area contributed by atoms with Crippen molar-refractivity contribution in [2.75, 3.05) is 5.32 Å². The minimum absolute atomic E-state index is 0.00643. The van der Waals surface area contributed by atoms with E-state index in [4.69, 9.17) is 20.8 Å². The molecular formula is C24H20ClN3O4. The second kappa shape index (κ2) is 9.53. The van der Waals surface area contributed by atoms with Gasteiger partial charge < -0.3 is 14.5 Å². The maximum atomic E-state index is 12.5. The second-order valence-electron chi connectivity index (χ2n) is 7.11. The van der Waals surface area contributed by atoms with Gasteiger partial charge in [0.05, 0.1) is 6.54 Å². The fourth-order valence-electron chi connectivity index (χ4n) is 2.99. The van der Waals surface area contributed by atoms with Crippen molar-refractivity contribution in [1.29, 1.82) is 0 Å². The number of anilines is 1. The van der Waals surface area contributed by atoms with E-state index in [-0.39, 0.29) is 18.2 Å². The van der Waals surface area contributed by atoms with Crippen LogP contribution in [0.5, 0.6) is 5.75 Å². The van der Waals surface area contributed by atoms with Crippen LogP contribution in [0, 0.1) is 0 Å². The number of nitrogens with zero attached hydrogens (tertiary/aromatic N) is 2. The highest BCUT2D eigenvalue weighted by Crippen LogP contribution is 2.17. The number of rotatable bonds is 8. The molecule has 0 atom stereocenters. The Morgan fingerprint density at radius 2 is 1.78 bits per heavy atom. The molecule has 1 N–H and O–H groups in total. The number of aromatic nitrogens is 2. The molecule has 0 bridgehead atoms. The Morgan fingerprint density at radius 1 is 1.03 bits per heavy atom. The molecule has 32 heavy (non-hydrogen) atoms. The molecule has 0 saturated carbocycles. The first-order chi connectivity index (χ1) is 15.5. The minimum Gasteiger partial charge on any atom is -0.486 e. The third-order valence-corrected chi connectivity index (χ3v) is 4.92. The van der Waals surface area contributed by atoms with Crippen LogP contribution in [0.15, 0.2) is 77.3 Å². The Kier molecular flexibility index (Phi) is 6.37. The van der Waals surface area contributed by atoms with E-state index in [1.807, 2.05) is 24.3 Å². The van der Waals surface area contributed by atoms with Crippen LogP contribution >= 0.6 is 11.6 Å². The van der Waals surface area contributed by atoms with E-state index in [0.29, 0.717) is 34.5 Å². The summed E-state index contributed by atoms with van der Waals surface area (Å²) in [5.74, 6) is 1.26. The van der Waals surface area contributed by atoms with Crippen molar-refractivity contribution in [3.8, 4) is 5.75 Å². The van der Waals surface area contributed by atoms with E-state index in [2.05, 4.69) is 10.4 Å². The minimum atomic E-state index is -0.404. The molecule has 0 fully saturated rings. The average Bonchev–Trinajstić information content (AvgIpc) is 3.44. The van der Waals surface area contributed by atoms with E-state index in [1.54, 1.807) is 53.3 Å². The molecule has 1 amide bonds. The van der Waals surface area contributed by atoms with Crippen molar-refractivity contribution in [3.63, 3.8) is 0 Å². The number of Topliss-reactive ketones (excluding diaryl/α,β-unsaturated/α-hetero) is 1. The molecule has 7 nitrogen and oxygen atoms in total. The second-order valence-corrected chi connectivity index (χ2v) is 7.55. The van der Waals surface area contributed by atoms with Crippen LogP contribution in [0.25, 0.3) is 0 Å². The molecule has 162 valence electrons. The molecule has 0 unspecified atom stereocenters. The number of halogens is 1. The Labute approximate surface area is 189 Å². The van der Waals surface area contributed by atoms with Crippen molar-refractivity contribution in [3.05, 3.63) is 101 Å². The van der Waals surface area contributed by atoms with Gasteiger partial charge in [0, 0.05) is 22.8 Å². The number of carbonyl (C=O) groups excluding carboxylic acids is 2. The zero-order valence-electron chi connectivity index (χ0n) is 17.2. The highest BCUT2D eigenvalue weighted by molar-refractivity contribution is 6.30. The van der Waals surface area contributed by atoms with Crippen molar-refractivity contribution >= 4 is 29.1 Å². The SMILES string of the molecule is CC(=O)c1ccc(OCc2ccc(C(=O)Nc3ccn(Cc4ccc(Cl)cc4)n3)o2)cc1. The molecule has 8 heteroatoms. The molecule has 0 aliphatic heterocycles. The molecular weight excluding hydrogens is 430 g/mol. The summed E-state index contributed by atoms with van der Waals surface area (Å²) in [7, 11) is 0. The predicted molar refractivity (Wildman–Crippen MR) is 120 cm³/mol. The van der Waals surface area contributed by atoms with Crippen LogP contribution < -0.4 is 10.1 Å². The lowest BCUT2D eigenvalue weighted by molar-refractivity contribution is 0.0990.